The third-order valence-electron chi connectivity index (χ3n) is 6.16. The van der Waals surface area contributed by atoms with Crippen molar-refractivity contribution in [3.8, 4) is 22.6 Å². The van der Waals surface area contributed by atoms with Crippen LogP contribution in [-0.4, -0.2) is 20.4 Å². The number of nitrogens with zero attached hydrogens (tertiary/aromatic N) is 2. The molecule has 3 N–H and O–H groups in total. The molecule has 0 saturated carbocycles. The van der Waals surface area contributed by atoms with Crippen molar-refractivity contribution in [2.24, 2.45) is 5.73 Å². The van der Waals surface area contributed by atoms with Gasteiger partial charge in [0.25, 0.3) is 5.91 Å². The first-order valence-corrected chi connectivity index (χ1v) is 11.9. The van der Waals surface area contributed by atoms with Crippen molar-refractivity contribution in [2.45, 2.75) is 52.5 Å². The van der Waals surface area contributed by atoms with Gasteiger partial charge in [0, 0.05) is 41.8 Å². The molecule has 0 aliphatic rings. The van der Waals surface area contributed by atoms with Crippen molar-refractivity contribution in [1.29, 1.82) is 0 Å². The number of aromatic amines is 1. The summed E-state index contributed by atoms with van der Waals surface area (Å²) >= 11 is 0. The zero-order valence-electron chi connectivity index (χ0n) is 19.9. The third kappa shape index (κ3) is 5.22. The van der Waals surface area contributed by atoms with Gasteiger partial charge < -0.3 is 20.0 Å². The smallest absolute Gasteiger partial charge is 0.251 e. The number of para-hydroxylation sites is 1. The number of H-pyrrole nitrogens is 1. The minimum atomic E-state index is -0.404. The van der Waals surface area contributed by atoms with Crippen LogP contribution in [-0.2, 0) is 19.4 Å². The Hall–Kier alpha value is -3.80. The van der Waals surface area contributed by atoms with Gasteiger partial charge in [-0.3, -0.25) is 4.79 Å². The number of nitrogens with two attached hydrogens (primary N) is 1. The van der Waals surface area contributed by atoms with Crippen molar-refractivity contribution in [2.75, 3.05) is 0 Å². The number of nitrogens with one attached hydrogen (secondary N) is 1. The van der Waals surface area contributed by atoms with Crippen LogP contribution in [0.4, 0.5) is 0 Å². The molecule has 34 heavy (non-hydrogen) atoms. The van der Waals surface area contributed by atoms with Crippen molar-refractivity contribution in [3.05, 3.63) is 89.8 Å². The number of primary amides is 1. The molecule has 1 amide bonds. The molecule has 6 nitrogen and oxygen atoms in total. The van der Waals surface area contributed by atoms with E-state index in [4.69, 9.17) is 10.5 Å². The van der Waals surface area contributed by atoms with Crippen molar-refractivity contribution in [3.63, 3.8) is 0 Å². The Balaban J connectivity index is 1.77. The topological polar surface area (TPSA) is 85.9 Å². The minimum absolute atomic E-state index is 0.404. The molecular formula is C28H32N4O2. The van der Waals surface area contributed by atoms with Gasteiger partial charge in [0.15, 0.2) is 0 Å². The SMILES string of the molecule is CCCCCc1c(-c2cccc(Oc3ccccc3)c2)c(C(N)=O)c(C)n1CCc1cnc[nH]1. The summed E-state index contributed by atoms with van der Waals surface area (Å²) in [6.07, 6.45) is 8.53. The number of ether oxygens (including phenoxy) is 1. The number of carbonyl (C=O) groups excluding carboxylic acids is 1. The molecule has 0 fully saturated rings. The lowest BCUT2D eigenvalue weighted by molar-refractivity contribution is 0.1000. The number of rotatable bonds is 11. The van der Waals surface area contributed by atoms with E-state index < -0.39 is 5.91 Å². The number of amides is 1. The summed E-state index contributed by atoms with van der Waals surface area (Å²) < 4.78 is 8.34. The molecule has 0 radical (unpaired) electrons. The van der Waals surface area contributed by atoms with Gasteiger partial charge in [-0.1, -0.05) is 50.1 Å². The van der Waals surface area contributed by atoms with Gasteiger partial charge in [0.1, 0.15) is 11.5 Å². The number of unbranched alkanes of at least 4 members (excludes halogenated alkanes) is 2. The first-order chi connectivity index (χ1) is 16.6. The fourth-order valence-electron chi connectivity index (χ4n) is 4.51. The van der Waals surface area contributed by atoms with Crippen LogP contribution in [0.25, 0.3) is 11.1 Å². The summed E-state index contributed by atoms with van der Waals surface area (Å²) in [6.45, 7) is 4.93. The summed E-state index contributed by atoms with van der Waals surface area (Å²) in [4.78, 5) is 20.0. The lowest BCUT2D eigenvalue weighted by Crippen LogP contribution is -2.14. The number of hydrogen-bond acceptors (Lipinski definition) is 3. The molecule has 2 aromatic carbocycles. The molecule has 0 atom stereocenters. The van der Waals surface area contributed by atoms with Gasteiger partial charge in [0.2, 0.25) is 0 Å². The molecule has 0 aliphatic heterocycles. The molecule has 6 heteroatoms. The van der Waals surface area contributed by atoms with Crippen molar-refractivity contribution < 1.29 is 9.53 Å². The molecule has 0 unspecified atom stereocenters. The van der Waals surface area contributed by atoms with E-state index in [1.807, 2.05) is 67.7 Å². The first kappa shape index (κ1) is 23.4. The van der Waals surface area contributed by atoms with E-state index in [1.165, 1.54) is 0 Å². The average Bonchev–Trinajstić information content (AvgIpc) is 3.45. The van der Waals surface area contributed by atoms with E-state index in [2.05, 4.69) is 21.5 Å². The normalized spacial score (nSPS) is 11.0. The lowest BCUT2D eigenvalue weighted by atomic mass is 9.97. The van der Waals surface area contributed by atoms with Gasteiger partial charge in [-0.2, -0.15) is 0 Å². The van der Waals surface area contributed by atoms with Crippen LogP contribution in [0, 0.1) is 6.92 Å². The summed E-state index contributed by atoms with van der Waals surface area (Å²) in [7, 11) is 0. The number of aromatic nitrogens is 3. The van der Waals surface area contributed by atoms with Crippen LogP contribution in [0.2, 0.25) is 0 Å². The van der Waals surface area contributed by atoms with Gasteiger partial charge in [-0.25, -0.2) is 4.98 Å². The summed E-state index contributed by atoms with van der Waals surface area (Å²) in [5, 5.41) is 0. The number of hydrogen-bond donors (Lipinski definition) is 2. The Bertz CT molecular complexity index is 1230. The van der Waals surface area contributed by atoms with Crippen LogP contribution < -0.4 is 10.5 Å². The summed E-state index contributed by atoms with van der Waals surface area (Å²) in [6, 6.07) is 17.6. The van der Waals surface area contributed by atoms with E-state index >= 15 is 0 Å². The third-order valence-corrected chi connectivity index (χ3v) is 6.16. The summed E-state index contributed by atoms with van der Waals surface area (Å²) in [5.74, 6) is 1.09. The average molecular weight is 457 g/mol. The maximum Gasteiger partial charge on any atom is 0.251 e. The molecule has 2 heterocycles. The zero-order valence-corrected chi connectivity index (χ0v) is 19.9. The molecular weight excluding hydrogens is 424 g/mol. The number of carbonyl (C=O) groups is 1. The van der Waals surface area contributed by atoms with Crippen LogP contribution in [0.15, 0.2) is 67.1 Å². The van der Waals surface area contributed by atoms with Gasteiger partial charge in [-0.15, -0.1) is 0 Å². The zero-order chi connectivity index (χ0) is 23.9. The predicted molar refractivity (Wildman–Crippen MR) is 135 cm³/mol. The molecule has 176 valence electrons. The highest BCUT2D eigenvalue weighted by Gasteiger charge is 2.25. The second-order valence-corrected chi connectivity index (χ2v) is 8.52. The van der Waals surface area contributed by atoms with Crippen LogP contribution >= 0.6 is 0 Å². The van der Waals surface area contributed by atoms with E-state index in [-0.39, 0.29) is 0 Å². The monoisotopic (exact) mass is 456 g/mol. The van der Waals surface area contributed by atoms with E-state index in [0.29, 0.717) is 5.56 Å². The number of benzene rings is 2. The van der Waals surface area contributed by atoms with Gasteiger partial charge in [-0.05, 0) is 49.6 Å². The number of aryl methyl sites for hydroxylation is 1. The fraction of sp³-hybridized carbons (Fsp3) is 0.286. The highest BCUT2D eigenvalue weighted by Crippen LogP contribution is 2.36. The van der Waals surface area contributed by atoms with E-state index in [9.17, 15) is 4.79 Å². The van der Waals surface area contributed by atoms with Crippen LogP contribution in [0.3, 0.4) is 0 Å². The molecule has 0 saturated heterocycles. The quantitative estimate of drug-likeness (QED) is 0.269. The van der Waals surface area contributed by atoms with Crippen molar-refractivity contribution >= 4 is 5.91 Å². The maximum absolute atomic E-state index is 12.7. The Morgan fingerprint density at radius 2 is 1.85 bits per heavy atom. The van der Waals surface area contributed by atoms with Crippen molar-refractivity contribution in [1.82, 2.24) is 14.5 Å². The molecule has 4 aromatic rings. The van der Waals surface area contributed by atoms with Gasteiger partial charge >= 0.3 is 0 Å². The second-order valence-electron chi connectivity index (χ2n) is 8.52. The number of imidazole rings is 1. The van der Waals surface area contributed by atoms with Crippen LogP contribution in [0.1, 0.15) is 53.6 Å². The lowest BCUT2D eigenvalue weighted by Gasteiger charge is -2.14. The second kappa shape index (κ2) is 10.9. The Kier molecular flexibility index (Phi) is 7.48. The Labute approximate surface area is 200 Å². The van der Waals surface area contributed by atoms with Gasteiger partial charge in [0.05, 0.1) is 11.9 Å². The van der Waals surface area contributed by atoms with E-state index in [1.54, 1.807) is 6.33 Å². The molecule has 0 bridgehead atoms. The molecule has 0 aliphatic carbocycles. The maximum atomic E-state index is 12.7. The Morgan fingerprint density at radius 1 is 1.06 bits per heavy atom. The standard InChI is InChI=1S/C28H32N4O2/c1-3-4-6-14-25-27(21-10-9-13-24(17-21)34-23-11-7-5-8-12-23)26(28(29)33)20(2)32(25)16-15-22-18-30-19-31-22/h5,7-13,17-19H,3-4,6,14-16H2,1-2H3,(H2,29,33)(H,30,31). The highest BCUT2D eigenvalue weighted by molar-refractivity contribution is 6.02. The summed E-state index contributed by atoms with van der Waals surface area (Å²) in [5.41, 5.74) is 11.5. The highest BCUT2D eigenvalue weighted by atomic mass is 16.5. The van der Waals surface area contributed by atoms with Crippen LogP contribution in [0.5, 0.6) is 11.5 Å². The minimum Gasteiger partial charge on any atom is -0.457 e. The largest absolute Gasteiger partial charge is 0.457 e. The van der Waals surface area contributed by atoms with E-state index in [0.717, 1.165) is 78.4 Å². The predicted octanol–water partition coefficient (Wildman–Crippen LogP) is 6.05. The fourth-order valence-corrected chi connectivity index (χ4v) is 4.51. The molecule has 4 rings (SSSR count). The first-order valence-electron chi connectivity index (χ1n) is 11.9. The molecule has 2 aromatic heterocycles. The molecule has 0 spiro atoms. The Morgan fingerprint density at radius 3 is 2.56 bits per heavy atom.